The molecule has 0 amide bonds. The Balaban J connectivity index is 0.000000200. The summed E-state index contributed by atoms with van der Waals surface area (Å²) >= 11 is 0. The van der Waals surface area contributed by atoms with Gasteiger partial charge in [-0.25, -0.2) is 9.59 Å². The fraction of sp³-hybridized carbons (Fsp3) is 0.0909. The van der Waals surface area contributed by atoms with Crippen molar-refractivity contribution in [2.45, 2.75) is 13.8 Å². The number of pyridine rings is 2. The molecule has 143 valence electrons. The summed E-state index contributed by atoms with van der Waals surface area (Å²) in [6.45, 7) is 3.69. The van der Waals surface area contributed by atoms with Crippen LogP contribution in [0, 0.1) is 13.8 Å². The second kappa shape index (κ2) is 9.29. The number of carbonyl (C=O) groups is 2. The highest BCUT2D eigenvalue weighted by molar-refractivity contribution is 6.02. The van der Waals surface area contributed by atoms with E-state index in [9.17, 15) is 9.59 Å². The topological polar surface area (TPSA) is 100 Å². The fourth-order valence-corrected chi connectivity index (χ4v) is 2.83. The van der Waals surface area contributed by atoms with Crippen molar-refractivity contribution >= 4 is 51.1 Å². The third-order valence-corrected chi connectivity index (χ3v) is 4.18. The Hall–Kier alpha value is -3.27. The van der Waals surface area contributed by atoms with Gasteiger partial charge in [0.25, 0.3) is 0 Å². The Kier molecular flexibility index (Phi) is 7.05. The Morgan fingerprint density at radius 3 is 1.38 bits per heavy atom. The molecule has 0 bridgehead atoms. The van der Waals surface area contributed by atoms with Gasteiger partial charge < -0.3 is 10.2 Å². The number of aromatic carboxylic acids is 2. The molecular weight excluding hydrogens is 383 g/mol. The van der Waals surface area contributed by atoms with Gasteiger partial charge in [-0.05, 0) is 38.1 Å². The molecule has 0 fully saturated rings. The molecule has 0 atom stereocenters. The van der Waals surface area contributed by atoms with Gasteiger partial charge in [0.1, 0.15) is 0 Å². The zero-order chi connectivity index (χ0) is 20.3. The Labute approximate surface area is 178 Å². The van der Waals surface area contributed by atoms with Crippen LogP contribution in [0.25, 0.3) is 21.8 Å². The summed E-state index contributed by atoms with van der Waals surface area (Å²) in [5, 5.41) is 19.6. The van der Waals surface area contributed by atoms with Crippen LogP contribution < -0.4 is 0 Å². The lowest BCUT2D eigenvalue weighted by atomic mass is 10.1. The van der Waals surface area contributed by atoms with E-state index >= 15 is 0 Å². The highest BCUT2D eigenvalue weighted by Gasteiger charge is 2.09. The molecule has 4 aromatic rings. The van der Waals surface area contributed by atoms with E-state index < -0.39 is 11.9 Å². The Bertz CT molecular complexity index is 1110. The molecule has 3 radical (unpaired) electrons. The lowest BCUT2D eigenvalue weighted by molar-refractivity contribution is 0.0688. The molecule has 0 unspecified atom stereocenters. The van der Waals surface area contributed by atoms with Gasteiger partial charge in [-0.15, -0.1) is 0 Å². The molecule has 29 heavy (non-hydrogen) atoms. The minimum atomic E-state index is -0.936. The van der Waals surface area contributed by atoms with Crippen molar-refractivity contribution in [3.8, 4) is 0 Å². The number of nitrogens with zero attached hydrogens (tertiary/aromatic N) is 2. The summed E-state index contributed by atoms with van der Waals surface area (Å²) in [4.78, 5) is 30.2. The summed E-state index contributed by atoms with van der Waals surface area (Å²) in [7, 11) is 0. The number of hydrogen-bond acceptors (Lipinski definition) is 4. The van der Waals surface area contributed by atoms with E-state index in [1.165, 1.54) is 0 Å². The molecule has 0 aliphatic heterocycles. The lowest BCUT2D eigenvalue weighted by Gasteiger charge is -2.01. The van der Waals surface area contributed by atoms with Crippen molar-refractivity contribution in [3.05, 3.63) is 83.2 Å². The summed E-state index contributed by atoms with van der Waals surface area (Å²) < 4.78 is 0. The van der Waals surface area contributed by atoms with Crippen LogP contribution in [-0.2, 0) is 0 Å². The zero-order valence-corrected chi connectivity index (χ0v) is 17.1. The van der Waals surface area contributed by atoms with Gasteiger partial charge in [0.15, 0.2) is 0 Å². The molecular formula is C22H18AlN2O4. The number of aryl methyl sites for hydroxylation is 2. The van der Waals surface area contributed by atoms with Gasteiger partial charge in [-0.2, -0.15) is 0 Å². The number of carboxylic acid groups (broad SMARTS) is 2. The fourth-order valence-electron chi connectivity index (χ4n) is 2.83. The molecule has 2 aromatic carbocycles. The van der Waals surface area contributed by atoms with E-state index in [0.717, 1.165) is 22.2 Å². The van der Waals surface area contributed by atoms with Gasteiger partial charge in [0.2, 0.25) is 0 Å². The van der Waals surface area contributed by atoms with E-state index in [1.54, 1.807) is 24.3 Å². The predicted molar refractivity (Wildman–Crippen MR) is 113 cm³/mol. The van der Waals surface area contributed by atoms with Crippen LogP contribution in [0.1, 0.15) is 32.1 Å². The first kappa shape index (κ1) is 22.0. The average molecular weight is 401 g/mol. The predicted octanol–water partition coefficient (Wildman–Crippen LogP) is 4.10. The Morgan fingerprint density at radius 2 is 1.03 bits per heavy atom. The first-order chi connectivity index (χ1) is 13.4. The largest absolute Gasteiger partial charge is 0.478 e. The molecule has 0 aliphatic rings. The second-order valence-corrected chi connectivity index (χ2v) is 6.27. The molecule has 4 rings (SSSR count). The van der Waals surface area contributed by atoms with Crippen LogP contribution in [0.2, 0.25) is 0 Å². The SMILES string of the molecule is Cc1ccc2cccc(C(=O)O)c2n1.Cc1ccc2cccc(C(=O)O)c2n1.[Al]. The van der Waals surface area contributed by atoms with E-state index in [4.69, 9.17) is 10.2 Å². The quantitative estimate of drug-likeness (QED) is 0.491. The van der Waals surface area contributed by atoms with E-state index in [-0.39, 0.29) is 28.5 Å². The van der Waals surface area contributed by atoms with E-state index in [1.807, 2.05) is 50.2 Å². The number of aromatic nitrogens is 2. The first-order valence-electron chi connectivity index (χ1n) is 8.56. The first-order valence-corrected chi connectivity index (χ1v) is 8.56. The standard InChI is InChI=1S/2C11H9NO2.Al/c2*1-7-5-6-8-3-2-4-9(11(13)14)10(8)12-7;/h2*2-6H,1H3,(H,13,14);. The minimum Gasteiger partial charge on any atom is -0.478 e. The third-order valence-electron chi connectivity index (χ3n) is 4.18. The summed E-state index contributed by atoms with van der Waals surface area (Å²) in [6, 6.07) is 17.8. The van der Waals surface area contributed by atoms with Crippen LogP contribution in [0.4, 0.5) is 0 Å². The number of rotatable bonds is 2. The summed E-state index contributed by atoms with van der Waals surface area (Å²) in [5.74, 6) is -1.87. The minimum absolute atomic E-state index is 0. The number of hydrogen-bond donors (Lipinski definition) is 2. The maximum absolute atomic E-state index is 10.9. The van der Waals surface area contributed by atoms with Gasteiger partial charge in [0.05, 0.1) is 22.2 Å². The number of fused-ring (bicyclic) bond motifs is 2. The number of carboxylic acids is 2. The van der Waals surface area contributed by atoms with Crippen LogP contribution >= 0.6 is 0 Å². The molecule has 0 saturated carbocycles. The molecule has 0 spiro atoms. The highest BCUT2D eigenvalue weighted by atomic mass is 27.0. The van der Waals surface area contributed by atoms with Crippen molar-refractivity contribution in [1.82, 2.24) is 9.97 Å². The van der Waals surface area contributed by atoms with E-state index in [2.05, 4.69) is 9.97 Å². The molecule has 7 heteroatoms. The van der Waals surface area contributed by atoms with Gasteiger partial charge in [-0.3, -0.25) is 9.97 Å². The molecule has 6 nitrogen and oxygen atoms in total. The molecule has 2 aromatic heterocycles. The van der Waals surface area contributed by atoms with Crippen molar-refractivity contribution in [3.63, 3.8) is 0 Å². The molecule has 0 aliphatic carbocycles. The van der Waals surface area contributed by atoms with Crippen LogP contribution in [0.3, 0.4) is 0 Å². The number of benzene rings is 2. The monoisotopic (exact) mass is 401 g/mol. The molecule has 2 N–H and O–H groups in total. The van der Waals surface area contributed by atoms with Crippen LogP contribution in [0.5, 0.6) is 0 Å². The van der Waals surface area contributed by atoms with Crippen LogP contribution in [-0.4, -0.2) is 49.5 Å². The van der Waals surface area contributed by atoms with Crippen molar-refractivity contribution in [2.24, 2.45) is 0 Å². The highest BCUT2D eigenvalue weighted by Crippen LogP contribution is 2.18. The maximum Gasteiger partial charge on any atom is 0.337 e. The van der Waals surface area contributed by atoms with Crippen molar-refractivity contribution in [1.29, 1.82) is 0 Å². The average Bonchev–Trinajstić information content (AvgIpc) is 2.67. The van der Waals surface area contributed by atoms with Crippen molar-refractivity contribution in [2.75, 3.05) is 0 Å². The third kappa shape index (κ3) is 4.97. The van der Waals surface area contributed by atoms with Crippen LogP contribution in [0.15, 0.2) is 60.7 Å². The lowest BCUT2D eigenvalue weighted by Crippen LogP contribution is -1.99. The van der Waals surface area contributed by atoms with Crippen molar-refractivity contribution < 1.29 is 19.8 Å². The number of para-hydroxylation sites is 2. The van der Waals surface area contributed by atoms with Gasteiger partial charge in [-0.1, -0.05) is 36.4 Å². The van der Waals surface area contributed by atoms with Gasteiger partial charge in [0, 0.05) is 39.5 Å². The normalized spacial score (nSPS) is 10.0. The van der Waals surface area contributed by atoms with E-state index in [0.29, 0.717) is 11.0 Å². The smallest absolute Gasteiger partial charge is 0.337 e. The maximum atomic E-state index is 10.9. The van der Waals surface area contributed by atoms with Gasteiger partial charge >= 0.3 is 11.9 Å². The molecule has 0 saturated heterocycles. The summed E-state index contributed by atoms with van der Waals surface area (Å²) in [5.41, 5.74) is 3.27. The zero-order valence-electron chi connectivity index (χ0n) is 16.0. The molecule has 2 heterocycles. The summed E-state index contributed by atoms with van der Waals surface area (Å²) in [6.07, 6.45) is 0. The second-order valence-electron chi connectivity index (χ2n) is 6.27. The Morgan fingerprint density at radius 1 is 0.655 bits per heavy atom.